The van der Waals surface area contributed by atoms with Gasteiger partial charge in [0.05, 0.1) is 11.4 Å². The fourth-order valence-electron chi connectivity index (χ4n) is 2.26. The van der Waals surface area contributed by atoms with Crippen LogP contribution >= 0.6 is 11.3 Å². The van der Waals surface area contributed by atoms with Gasteiger partial charge in [0.25, 0.3) is 11.5 Å². The Morgan fingerprint density at radius 1 is 1.24 bits per heavy atom. The smallest absolute Gasteiger partial charge is 0.275 e. The van der Waals surface area contributed by atoms with E-state index in [1.54, 1.807) is 16.8 Å². The number of benzene rings is 1. The monoisotopic (exact) mass is 299 g/mol. The number of carbonyl (C=O) groups is 1. The second-order valence-electron chi connectivity index (χ2n) is 4.58. The van der Waals surface area contributed by atoms with Crippen molar-refractivity contribution >= 4 is 28.0 Å². The zero-order valence-electron chi connectivity index (χ0n) is 11.1. The van der Waals surface area contributed by atoms with Crippen LogP contribution in [0.1, 0.15) is 15.2 Å². The van der Waals surface area contributed by atoms with Gasteiger partial charge in [-0.1, -0.05) is 18.2 Å². The van der Waals surface area contributed by atoms with Gasteiger partial charge in [0.2, 0.25) is 0 Å². The number of nitrogens with two attached hydrogens (primary N) is 1. The average Bonchev–Trinajstić information content (AvgIpc) is 2.98. The summed E-state index contributed by atoms with van der Waals surface area (Å²) >= 11 is 1.30. The number of hydrogen-bond acceptors (Lipinski definition) is 4. The van der Waals surface area contributed by atoms with Crippen molar-refractivity contribution in [3.63, 3.8) is 0 Å². The number of thiophene rings is 1. The minimum atomic E-state index is -0.339. The maximum absolute atomic E-state index is 12.4. The number of carbonyl (C=O) groups excluding carboxylic acids is 1. The number of aromatic nitrogens is 1. The maximum atomic E-state index is 12.4. The number of pyridine rings is 1. The largest absolute Gasteiger partial charge is 0.311 e. The molecular formula is C15H13N3O2S. The molecule has 0 saturated heterocycles. The molecule has 0 aliphatic rings. The molecule has 2 heterocycles. The Morgan fingerprint density at radius 2 is 2.05 bits per heavy atom. The van der Waals surface area contributed by atoms with Crippen molar-refractivity contribution in [1.82, 2.24) is 9.99 Å². The van der Waals surface area contributed by atoms with Gasteiger partial charge in [-0.3, -0.25) is 15.0 Å². The average molecular weight is 299 g/mol. The summed E-state index contributed by atoms with van der Waals surface area (Å²) in [5, 5.41) is 3.38. The van der Waals surface area contributed by atoms with E-state index in [0.29, 0.717) is 16.8 Å². The molecule has 5 nitrogen and oxygen atoms in total. The lowest BCUT2D eigenvalue weighted by Crippen LogP contribution is -2.30. The molecular weight excluding hydrogens is 286 g/mol. The molecule has 0 saturated carbocycles. The zero-order valence-corrected chi connectivity index (χ0v) is 11.9. The van der Waals surface area contributed by atoms with Gasteiger partial charge in [-0.15, -0.1) is 11.3 Å². The normalized spacial score (nSPS) is 10.7. The van der Waals surface area contributed by atoms with Crippen molar-refractivity contribution in [2.24, 2.45) is 5.84 Å². The van der Waals surface area contributed by atoms with E-state index in [-0.39, 0.29) is 11.5 Å². The molecule has 6 heteroatoms. The van der Waals surface area contributed by atoms with E-state index in [1.807, 2.05) is 35.7 Å². The summed E-state index contributed by atoms with van der Waals surface area (Å²) in [5.41, 5.74) is 2.83. The SMILES string of the molecule is NNC(=O)c1sccc1Cn1ccc2ccccc2c1=O. The molecule has 21 heavy (non-hydrogen) atoms. The Bertz CT molecular complexity index is 866. The Kier molecular flexibility index (Phi) is 3.55. The number of amides is 1. The van der Waals surface area contributed by atoms with Crippen LogP contribution in [0, 0.1) is 0 Å². The molecule has 0 fully saturated rings. The first-order chi connectivity index (χ1) is 10.2. The summed E-state index contributed by atoms with van der Waals surface area (Å²) < 4.78 is 1.59. The predicted octanol–water partition coefficient (Wildman–Crippen LogP) is 1.71. The lowest BCUT2D eigenvalue weighted by molar-refractivity contribution is 0.0957. The summed E-state index contributed by atoms with van der Waals surface area (Å²) in [4.78, 5) is 24.6. The molecule has 3 aromatic rings. The van der Waals surface area contributed by atoms with Crippen molar-refractivity contribution < 1.29 is 4.79 Å². The molecule has 0 unspecified atom stereocenters. The van der Waals surface area contributed by atoms with E-state index in [0.717, 1.165) is 10.9 Å². The number of nitrogens with zero attached hydrogens (tertiary/aromatic N) is 1. The van der Waals surface area contributed by atoms with Crippen molar-refractivity contribution in [1.29, 1.82) is 0 Å². The van der Waals surface area contributed by atoms with Crippen molar-refractivity contribution in [2.45, 2.75) is 6.54 Å². The van der Waals surface area contributed by atoms with Crippen LogP contribution in [0.5, 0.6) is 0 Å². The van der Waals surface area contributed by atoms with E-state index in [9.17, 15) is 9.59 Å². The molecule has 0 aliphatic heterocycles. The van der Waals surface area contributed by atoms with Crippen LogP contribution in [-0.2, 0) is 6.54 Å². The van der Waals surface area contributed by atoms with Gasteiger partial charge in [-0.2, -0.15) is 0 Å². The number of fused-ring (bicyclic) bond motifs is 1. The molecule has 1 amide bonds. The van der Waals surface area contributed by atoms with Gasteiger partial charge < -0.3 is 4.57 Å². The first-order valence-electron chi connectivity index (χ1n) is 6.36. The molecule has 0 atom stereocenters. The highest BCUT2D eigenvalue weighted by atomic mass is 32.1. The van der Waals surface area contributed by atoms with E-state index in [4.69, 9.17) is 5.84 Å². The molecule has 0 bridgehead atoms. The van der Waals surface area contributed by atoms with Gasteiger partial charge in [-0.05, 0) is 34.5 Å². The Hall–Kier alpha value is -2.44. The Morgan fingerprint density at radius 3 is 2.86 bits per heavy atom. The molecule has 1 aromatic carbocycles. The van der Waals surface area contributed by atoms with Gasteiger partial charge in [0, 0.05) is 11.6 Å². The topological polar surface area (TPSA) is 77.1 Å². The summed E-state index contributed by atoms with van der Waals surface area (Å²) in [6, 6.07) is 11.2. The first kappa shape index (κ1) is 13.5. The molecule has 2 aromatic heterocycles. The van der Waals surface area contributed by atoms with Crippen LogP contribution < -0.4 is 16.8 Å². The Balaban J connectivity index is 2.03. The highest BCUT2D eigenvalue weighted by Gasteiger charge is 2.13. The van der Waals surface area contributed by atoms with Gasteiger partial charge in [0.15, 0.2) is 0 Å². The highest BCUT2D eigenvalue weighted by Crippen LogP contribution is 2.18. The lowest BCUT2D eigenvalue weighted by atomic mass is 10.1. The number of rotatable bonds is 3. The summed E-state index contributed by atoms with van der Waals surface area (Å²) in [5.74, 6) is 4.83. The maximum Gasteiger partial charge on any atom is 0.275 e. The van der Waals surface area contributed by atoms with Gasteiger partial charge in [0.1, 0.15) is 0 Å². The van der Waals surface area contributed by atoms with Crippen LogP contribution in [0.3, 0.4) is 0 Å². The van der Waals surface area contributed by atoms with Crippen LogP contribution in [-0.4, -0.2) is 10.5 Å². The van der Waals surface area contributed by atoms with E-state index < -0.39 is 0 Å². The summed E-state index contributed by atoms with van der Waals surface area (Å²) in [6.45, 7) is 0.343. The summed E-state index contributed by atoms with van der Waals surface area (Å²) in [6.07, 6.45) is 1.74. The van der Waals surface area contributed by atoms with Gasteiger partial charge in [-0.25, -0.2) is 5.84 Å². The predicted molar refractivity (Wildman–Crippen MR) is 83.3 cm³/mol. The third-order valence-corrected chi connectivity index (χ3v) is 4.27. The number of nitrogen functional groups attached to an aromatic ring is 1. The number of hydrogen-bond donors (Lipinski definition) is 2. The van der Waals surface area contributed by atoms with Crippen molar-refractivity contribution in [3.8, 4) is 0 Å². The standard InChI is InChI=1S/C15H13N3O2S/c16-17-14(19)13-11(6-8-21-13)9-18-7-5-10-3-1-2-4-12(10)15(18)20/h1-8H,9,16H2,(H,17,19). The van der Waals surface area contributed by atoms with E-state index in [1.165, 1.54) is 11.3 Å². The first-order valence-corrected chi connectivity index (χ1v) is 7.24. The van der Waals surface area contributed by atoms with Crippen molar-refractivity contribution in [2.75, 3.05) is 0 Å². The van der Waals surface area contributed by atoms with E-state index >= 15 is 0 Å². The van der Waals surface area contributed by atoms with Crippen LogP contribution in [0.4, 0.5) is 0 Å². The lowest BCUT2D eigenvalue weighted by Gasteiger charge is -2.08. The third-order valence-electron chi connectivity index (χ3n) is 3.31. The minimum Gasteiger partial charge on any atom is -0.311 e. The number of hydrazine groups is 1. The van der Waals surface area contributed by atoms with E-state index in [2.05, 4.69) is 5.43 Å². The Labute approximate surface area is 124 Å². The third kappa shape index (κ3) is 2.46. The van der Waals surface area contributed by atoms with Crippen LogP contribution in [0.15, 0.2) is 52.8 Å². The molecule has 3 N–H and O–H groups in total. The molecule has 106 valence electrons. The van der Waals surface area contributed by atoms with Crippen molar-refractivity contribution in [3.05, 3.63) is 68.8 Å². The second kappa shape index (κ2) is 5.51. The molecule has 0 radical (unpaired) electrons. The van der Waals surface area contributed by atoms with Crippen LogP contribution in [0.2, 0.25) is 0 Å². The van der Waals surface area contributed by atoms with Crippen LogP contribution in [0.25, 0.3) is 10.8 Å². The quantitative estimate of drug-likeness (QED) is 0.439. The zero-order chi connectivity index (χ0) is 14.8. The fraction of sp³-hybridized carbons (Fsp3) is 0.0667. The molecule has 3 rings (SSSR count). The highest BCUT2D eigenvalue weighted by molar-refractivity contribution is 7.12. The fourth-order valence-corrected chi connectivity index (χ4v) is 3.08. The number of nitrogens with one attached hydrogen (secondary N) is 1. The summed E-state index contributed by atoms with van der Waals surface area (Å²) in [7, 11) is 0. The minimum absolute atomic E-state index is 0.0709. The molecule has 0 spiro atoms. The molecule has 0 aliphatic carbocycles. The second-order valence-corrected chi connectivity index (χ2v) is 5.50. The van der Waals surface area contributed by atoms with Gasteiger partial charge >= 0.3 is 0 Å².